The summed E-state index contributed by atoms with van der Waals surface area (Å²) < 4.78 is 5.59. The van der Waals surface area contributed by atoms with Crippen LogP contribution < -0.4 is 10.6 Å². The van der Waals surface area contributed by atoms with Gasteiger partial charge in [-0.05, 0) is 85.3 Å². The maximum Gasteiger partial charge on any atom is 0.338 e. The number of carbonyl (C=O) groups excluding carboxylic acids is 2. The van der Waals surface area contributed by atoms with E-state index in [0.717, 1.165) is 31.2 Å². The molecule has 0 heterocycles. The molecular formula is C25H30N2O3S. The van der Waals surface area contributed by atoms with Gasteiger partial charge < -0.3 is 10.1 Å². The molecule has 0 spiro atoms. The van der Waals surface area contributed by atoms with Gasteiger partial charge in [-0.3, -0.25) is 10.1 Å². The van der Waals surface area contributed by atoms with Crippen molar-refractivity contribution < 1.29 is 14.3 Å². The fourth-order valence-electron chi connectivity index (χ4n) is 3.55. The minimum Gasteiger partial charge on any atom is -0.459 e. The maximum absolute atomic E-state index is 12.4. The molecule has 0 bridgehead atoms. The van der Waals surface area contributed by atoms with Gasteiger partial charge in [0.15, 0.2) is 5.11 Å². The SMILES string of the molecule is CC(C)(C)c1ccc(C(=O)NC(=S)Nc2ccc(C(=O)OC3CCCCC3)cc2)cc1. The minimum absolute atomic E-state index is 0.0271. The summed E-state index contributed by atoms with van der Waals surface area (Å²) >= 11 is 5.26. The second-order valence-electron chi connectivity index (χ2n) is 8.98. The minimum atomic E-state index is -0.298. The summed E-state index contributed by atoms with van der Waals surface area (Å²) in [6.07, 6.45) is 5.36. The second-order valence-corrected chi connectivity index (χ2v) is 9.39. The average Bonchev–Trinajstić information content (AvgIpc) is 2.74. The van der Waals surface area contributed by atoms with Crippen LogP contribution in [0.3, 0.4) is 0 Å². The molecule has 1 aliphatic rings. The Bertz CT molecular complexity index is 925. The van der Waals surface area contributed by atoms with Crippen molar-refractivity contribution in [2.24, 2.45) is 0 Å². The van der Waals surface area contributed by atoms with Crippen LogP contribution in [0.4, 0.5) is 5.69 Å². The normalized spacial score (nSPS) is 14.5. The number of amides is 1. The molecule has 0 saturated heterocycles. The zero-order valence-electron chi connectivity index (χ0n) is 18.4. The first kappa shape index (κ1) is 22.9. The fraction of sp³-hybridized carbons (Fsp3) is 0.400. The van der Waals surface area contributed by atoms with Gasteiger partial charge >= 0.3 is 5.97 Å². The van der Waals surface area contributed by atoms with E-state index in [2.05, 4.69) is 31.4 Å². The summed E-state index contributed by atoms with van der Waals surface area (Å²) in [7, 11) is 0. The van der Waals surface area contributed by atoms with Gasteiger partial charge in [-0.25, -0.2) is 4.79 Å². The Morgan fingerprint density at radius 1 is 0.903 bits per heavy atom. The molecule has 1 amide bonds. The Morgan fingerprint density at radius 3 is 2.06 bits per heavy atom. The molecule has 164 valence electrons. The van der Waals surface area contributed by atoms with Gasteiger partial charge in [0.05, 0.1) is 5.56 Å². The van der Waals surface area contributed by atoms with E-state index in [-0.39, 0.29) is 28.5 Å². The van der Waals surface area contributed by atoms with Crippen molar-refractivity contribution in [3.63, 3.8) is 0 Å². The molecule has 0 atom stereocenters. The van der Waals surface area contributed by atoms with Crippen LogP contribution >= 0.6 is 12.2 Å². The molecule has 1 fully saturated rings. The highest BCUT2D eigenvalue weighted by atomic mass is 32.1. The number of nitrogens with one attached hydrogen (secondary N) is 2. The molecule has 1 aliphatic carbocycles. The van der Waals surface area contributed by atoms with E-state index in [1.54, 1.807) is 36.4 Å². The molecule has 2 N–H and O–H groups in total. The molecule has 0 aliphatic heterocycles. The Hall–Kier alpha value is -2.73. The predicted molar refractivity (Wildman–Crippen MR) is 128 cm³/mol. The highest BCUT2D eigenvalue weighted by molar-refractivity contribution is 7.80. The first-order valence-electron chi connectivity index (χ1n) is 10.8. The monoisotopic (exact) mass is 438 g/mol. The third-order valence-corrected chi connectivity index (χ3v) is 5.65. The van der Waals surface area contributed by atoms with E-state index in [1.165, 1.54) is 6.42 Å². The first-order valence-corrected chi connectivity index (χ1v) is 11.2. The Morgan fingerprint density at radius 2 is 1.48 bits per heavy atom. The molecule has 1 saturated carbocycles. The quantitative estimate of drug-likeness (QED) is 0.480. The molecule has 0 radical (unpaired) electrons. The number of anilines is 1. The summed E-state index contributed by atoms with van der Waals surface area (Å²) in [5.41, 5.74) is 2.92. The van der Waals surface area contributed by atoms with Crippen LogP contribution in [0.1, 0.15) is 79.2 Å². The van der Waals surface area contributed by atoms with Crippen molar-refractivity contribution in [1.82, 2.24) is 5.32 Å². The number of carbonyl (C=O) groups is 2. The zero-order valence-corrected chi connectivity index (χ0v) is 19.2. The first-order chi connectivity index (χ1) is 14.7. The lowest BCUT2D eigenvalue weighted by molar-refractivity contribution is 0.0211. The van der Waals surface area contributed by atoms with Gasteiger partial charge in [-0.15, -0.1) is 0 Å². The third kappa shape index (κ3) is 6.62. The van der Waals surface area contributed by atoms with Crippen molar-refractivity contribution in [3.8, 4) is 0 Å². The maximum atomic E-state index is 12.4. The summed E-state index contributed by atoms with van der Waals surface area (Å²) in [5.74, 6) is -0.571. The summed E-state index contributed by atoms with van der Waals surface area (Å²) in [4.78, 5) is 24.7. The van der Waals surface area contributed by atoms with Crippen molar-refractivity contribution in [3.05, 3.63) is 65.2 Å². The fourth-order valence-corrected chi connectivity index (χ4v) is 3.76. The van der Waals surface area contributed by atoms with Crippen LogP contribution in [0.15, 0.2) is 48.5 Å². The topological polar surface area (TPSA) is 67.4 Å². The van der Waals surface area contributed by atoms with Gasteiger partial charge in [0, 0.05) is 11.3 Å². The van der Waals surface area contributed by atoms with Crippen LogP contribution in [0.2, 0.25) is 0 Å². The van der Waals surface area contributed by atoms with E-state index in [0.29, 0.717) is 16.8 Å². The summed E-state index contributed by atoms with van der Waals surface area (Å²) in [5, 5.41) is 5.85. The highest BCUT2D eigenvalue weighted by Crippen LogP contribution is 2.23. The van der Waals surface area contributed by atoms with Gasteiger partial charge in [0.1, 0.15) is 6.10 Å². The van der Waals surface area contributed by atoms with Crippen LogP contribution in [0.5, 0.6) is 0 Å². The lowest BCUT2D eigenvalue weighted by atomic mass is 9.87. The van der Waals surface area contributed by atoms with Crippen molar-refractivity contribution in [1.29, 1.82) is 0 Å². The molecule has 5 nitrogen and oxygen atoms in total. The van der Waals surface area contributed by atoms with Crippen LogP contribution in [-0.2, 0) is 10.2 Å². The number of benzene rings is 2. The predicted octanol–water partition coefficient (Wildman–Crippen LogP) is 5.60. The smallest absolute Gasteiger partial charge is 0.338 e. The van der Waals surface area contributed by atoms with Crippen LogP contribution in [0.25, 0.3) is 0 Å². The molecule has 0 unspecified atom stereocenters. The molecule has 3 rings (SSSR count). The third-order valence-electron chi connectivity index (χ3n) is 5.44. The number of hydrogen-bond donors (Lipinski definition) is 2. The molecular weight excluding hydrogens is 408 g/mol. The lowest BCUT2D eigenvalue weighted by Gasteiger charge is -2.21. The van der Waals surface area contributed by atoms with E-state index in [1.807, 2.05) is 12.1 Å². The van der Waals surface area contributed by atoms with E-state index in [9.17, 15) is 9.59 Å². The largest absolute Gasteiger partial charge is 0.459 e. The Kier molecular flexibility index (Phi) is 7.44. The van der Waals surface area contributed by atoms with E-state index in [4.69, 9.17) is 17.0 Å². The number of ether oxygens (including phenoxy) is 1. The number of rotatable bonds is 4. The van der Waals surface area contributed by atoms with Crippen molar-refractivity contribution in [2.75, 3.05) is 5.32 Å². The molecule has 0 aromatic heterocycles. The van der Waals surface area contributed by atoms with Gasteiger partial charge in [0.25, 0.3) is 5.91 Å². The van der Waals surface area contributed by atoms with Gasteiger partial charge in [-0.2, -0.15) is 0 Å². The second kappa shape index (κ2) is 10.1. The molecule has 6 heteroatoms. The molecule has 31 heavy (non-hydrogen) atoms. The van der Waals surface area contributed by atoms with Crippen LogP contribution in [0, 0.1) is 0 Å². The van der Waals surface area contributed by atoms with Gasteiger partial charge in [-0.1, -0.05) is 39.3 Å². The lowest BCUT2D eigenvalue weighted by Crippen LogP contribution is -2.34. The number of esters is 1. The summed E-state index contributed by atoms with van der Waals surface area (Å²) in [6.45, 7) is 6.38. The van der Waals surface area contributed by atoms with E-state index < -0.39 is 0 Å². The Balaban J connectivity index is 1.52. The van der Waals surface area contributed by atoms with Crippen LogP contribution in [-0.4, -0.2) is 23.1 Å². The zero-order chi connectivity index (χ0) is 22.4. The van der Waals surface area contributed by atoms with Gasteiger partial charge in [0.2, 0.25) is 0 Å². The number of thiocarbonyl (C=S) groups is 1. The van der Waals surface area contributed by atoms with Crippen molar-refractivity contribution >= 4 is 34.9 Å². The summed E-state index contributed by atoms with van der Waals surface area (Å²) in [6, 6.07) is 14.4. The standard InChI is InChI=1S/C25H30N2O3S/c1-25(2,3)19-13-9-17(10-14-19)22(28)27-24(31)26-20-15-11-18(12-16-20)23(29)30-21-7-5-4-6-8-21/h9-16,21H,4-8H2,1-3H3,(H2,26,27,28,31). The average molecular weight is 439 g/mol. The molecule has 2 aromatic carbocycles. The van der Waals surface area contributed by atoms with E-state index >= 15 is 0 Å². The highest BCUT2D eigenvalue weighted by Gasteiger charge is 2.19. The Labute approximate surface area is 189 Å². The number of hydrogen-bond acceptors (Lipinski definition) is 4. The molecule has 2 aromatic rings. The van der Waals surface area contributed by atoms with Crippen molar-refractivity contribution in [2.45, 2.75) is 64.4 Å².